The summed E-state index contributed by atoms with van der Waals surface area (Å²) in [6.45, 7) is 4.41. The van der Waals surface area contributed by atoms with Gasteiger partial charge in [-0.05, 0) is 48.7 Å². The fraction of sp³-hybridized carbons (Fsp3) is 0.250. The fourth-order valence-corrected chi connectivity index (χ4v) is 1.90. The molecule has 100 valence electrons. The average Bonchev–Trinajstić information content (AvgIpc) is 2.39. The van der Waals surface area contributed by atoms with Gasteiger partial charge in [-0.3, -0.25) is 0 Å². The van der Waals surface area contributed by atoms with Gasteiger partial charge in [0.1, 0.15) is 5.82 Å². The molecule has 0 fully saturated rings. The first-order valence-corrected chi connectivity index (χ1v) is 6.31. The van der Waals surface area contributed by atoms with E-state index in [2.05, 4.69) is 5.32 Å². The quantitative estimate of drug-likeness (QED) is 0.879. The molecule has 1 atom stereocenters. The Morgan fingerprint density at radius 2 is 1.89 bits per heavy atom. The van der Waals surface area contributed by atoms with Crippen LogP contribution < -0.4 is 5.32 Å². The van der Waals surface area contributed by atoms with E-state index in [1.807, 2.05) is 32.0 Å². The first-order chi connectivity index (χ1) is 9.06. The molecule has 2 aromatic carbocycles. The molecule has 0 spiro atoms. The van der Waals surface area contributed by atoms with Crippen LogP contribution in [0.2, 0.25) is 0 Å². The van der Waals surface area contributed by atoms with Gasteiger partial charge in [-0.2, -0.15) is 0 Å². The second-order valence-electron chi connectivity index (χ2n) is 4.75. The number of hydrogen-bond donors (Lipinski definition) is 2. The lowest BCUT2D eigenvalue weighted by atomic mass is 10.0. The highest BCUT2D eigenvalue weighted by Crippen LogP contribution is 2.18. The van der Waals surface area contributed by atoms with Crippen molar-refractivity contribution in [3.63, 3.8) is 0 Å². The molecule has 0 aliphatic heterocycles. The molecule has 0 saturated carbocycles. The molecule has 0 heterocycles. The van der Waals surface area contributed by atoms with Crippen molar-refractivity contribution in [3.8, 4) is 0 Å². The second kappa shape index (κ2) is 5.85. The first-order valence-electron chi connectivity index (χ1n) is 6.31. The van der Waals surface area contributed by atoms with Crippen LogP contribution in [0.3, 0.4) is 0 Å². The molecule has 1 unspecified atom stereocenters. The minimum absolute atomic E-state index is 0.286. The smallest absolute Gasteiger partial charge is 0.125 e. The van der Waals surface area contributed by atoms with Crippen molar-refractivity contribution in [1.82, 2.24) is 0 Å². The number of nitrogens with one attached hydrogen (secondary N) is 1. The van der Waals surface area contributed by atoms with Gasteiger partial charge in [0.25, 0.3) is 0 Å². The lowest BCUT2D eigenvalue weighted by Crippen LogP contribution is -2.12. The zero-order valence-electron chi connectivity index (χ0n) is 11.2. The van der Waals surface area contributed by atoms with Gasteiger partial charge in [0, 0.05) is 12.2 Å². The zero-order valence-corrected chi connectivity index (χ0v) is 11.2. The van der Waals surface area contributed by atoms with Crippen molar-refractivity contribution in [1.29, 1.82) is 0 Å². The van der Waals surface area contributed by atoms with E-state index in [4.69, 9.17) is 0 Å². The maximum Gasteiger partial charge on any atom is 0.125 e. The van der Waals surface area contributed by atoms with Crippen LogP contribution in [-0.2, 0) is 0 Å². The third-order valence-corrected chi connectivity index (χ3v) is 3.24. The lowest BCUT2D eigenvalue weighted by Gasteiger charge is -2.14. The zero-order chi connectivity index (χ0) is 13.8. The molecule has 19 heavy (non-hydrogen) atoms. The number of hydrogen-bond acceptors (Lipinski definition) is 2. The summed E-state index contributed by atoms with van der Waals surface area (Å²) in [6, 6.07) is 12.1. The highest BCUT2D eigenvalue weighted by Gasteiger charge is 2.08. The minimum atomic E-state index is -0.609. The average molecular weight is 259 g/mol. The van der Waals surface area contributed by atoms with Crippen molar-refractivity contribution >= 4 is 5.69 Å². The highest BCUT2D eigenvalue weighted by molar-refractivity contribution is 5.43. The molecule has 2 aromatic rings. The van der Waals surface area contributed by atoms with Crippen LogP contribution in [0.1, 0.15) is 22.8 Å². The highest BCUT2D eigenvalue weighted by atomic mass is 19.1. The van der Waals surface area contributed by atoms with Gasteiger partial charge < -0.3 is 10.4 Å². The van der Waals surface area contributed by atoms with E-state index < -0.39 is 6.10 Å². The summed E-state index contributed by atoms with van der Waals surface area (Å²) in [4.78, 5) is 0. The van der Waals surface area contributed by atoms with Gasteiger partial charge in [-0.1, -0.05) is 24.3 Å². The van der Waals surface area contributed by atoms with Crippen molar-refractivity contribution in [2.45, 2.75) is 20.0 Å². The van der Waals surface area contributed by atoms with Gasteiger partial charge in [0.15, 0.2) is 0 Å². The summed E-state index contributed by atoms with van der Waals surface area (Å²) in [6.07, 6.45) is -0.609. The molecule has 0 bridgehead atoms. The van der Waals surface area contributed by atoms with E-state index in [9.17, 15) is 9.50 Å². The molecular formula is C16H18FNO. The van der Waals surface area contributed by atoms with Crippen molar-refractivity contribution < 1.29 is 9.50 Å². The fourth-order valence-electron chi connectivity index (χ4n) is 1.90. The summed E-state index contributed by atoms with van der Waals surface area (Å²) in [5.41, 5.74) is 3.89. The third-order valence-electron chi connectivity index (χ3n) is 3.24. The number of rotatable bonds is 4. The lowest BCUT2D eigenvalue weighted by molar-refractivity contribution is 0.191. The SMILES string of the molecule is Cc1ccc(C(O)CNc2cccc(F)c2)cc1C. The molecule has 2 N–H and O–H groups in total. The summed E-state index contributed by atoms with van der Waals surface area (Å²) in [5.74, 6) is -0.286. The molecule has 2 rings (SSSR count). The molecule has 3 heteroatoms. The Kier molecular flexibility index (Phi) is 4.17. The molecule has 2 nitrogen and oxygen atoms in total. The van der Waals surface area contributed by atoms with Crippen LogP contribution >= 0.6 is 0 Å². The summed E-state index contributed by atoms with van der Waals surface area (Å²) < 4.78 is 13.0. The Bertz CT molecular complexity index is 568. The van der Waals surface area contributed by atoms with Gasteiger partial charge in [0.05, 0.1) is 6.10 Å². The van der Waals surface area contributed by atoms with Crippen molar-refractivity contribution in [2.75, 3.05) is 11.9 Å². The number of aliphatic hydroxyl groups is 1. The molecule has 0 aliphatic rings. The molecular weight excluding hydrogens is 241 g/mol. The summed E-state index contributed by atoms with van der Waals surface area (Å²) >= 11 is 0. The van der Waals surface area contributed by atoms with E-state index >= 15 is 0 Å². The van der Waals surface area contributed by atoms with E-state index in [1.165, 1.54) is 17.7 Å². The van der Waals surface area contributed by atoms with Gasteiger partial charge >= 0.3 is 0 Å². The predicted octanol–water partition coefficient (Wildman–Crippen LogP) is 3.59. The largest absolute Gasteiger partial charge is 0.387 e. The van der Waals surface area contributed by atoms with E-state index in [1.54, 1.807) is 12.1 Å². The van der Waals surface area contributed by atoms with Crippen LogP contribution in [0, 0.1) is 19.7 Å². The van der Waals surface area contributed by atoms with Crippen LogP contribution in [0.5, 0.6) is 0 Å². The standard InChI is InChI=1S/C16H18FNO/c1-11-6-7-13(8-12(11)2)16(19)10-18-15-5-3-4-14(17)9-15/h3-9,16,18-19H,10H2,1-2H3. The Hall–Kier alpha value is -1.87. The molecule has 0 saturated heterocycles. The normalized spacial score (nSPS) is 12.2. The van der Waals surface area contributed by atoms with Gasteiger partial charge in [-0.15, -0.1) is 0 Å². The van der Waals surface area contributed by atoms with Crippen molar-refractivity contribution in [3.05, 3.63) is 65.0 Å². The Morgan fingerprint density at radius 1 is 1.11 bits per heavy atom. The molecule has 0 radical (unpaired) electrons. The minimum Gasteiger partial charge on any atom is -0.387 e. The Labute approximate surface area is 112 Å². The topological polar surface area (TPSA) is 32.3 Å². The molecule has 0 aliphatic carbocycles. The monoisotopic (exact) mass is 259 g/mol. The molecule has 0 aromatic heterocycles. The Balaban J connectivity index is 2.01. The number of aryl methyl sites for hydroxylation is 2. The van der Waals surface area contributed by atoms with Crippen LogP contribution in [-0.4, -0.2) is 11.7 Å². The number of benzene rings is 2. The molecule has 0 amide bonds. The number of aliphatic hydroxyl groups excluding tert-OH is 1. The van der Waals surface area contributed by atoms with Gasteiger partial charge in [-0.25, -0.2) is 4.39 Å². The van der Waals surface area contributed by atoms with Crippen LogP contribution in [0.15, 0.2) is 42.5 Å². The van der Waals surface area contributed by atoms with E-state index in [0.717, 1.165) is 11.1 Å². The predicted molar refractivity (Wildman–Crippen MR) is 75.8 cm³/mol. The summed E-state index contributed by atoms with van der Waals surface area (Å²) in [7, 11) is 0. The third kappa shape index (κ3) is 3.55. The van der Waals surface area contributed by atoms with Crippen LogP contribution in [0.25, 0.3) is 0 Å². The summed E-state index contributed by atoms with van der Waals surface area (Å²) in [5, 5.41) is 13.1. The van der Waals surface area contributed by atoms with Gasteiger partial charge in [0.2, 0.25) is 0 Å². The second-order valence-corrected chi connectivity index (χ2v) is 4.75. The van der Waals surface area contributed by atoms with Crippen molar-refractivity contribution in [2.24, 2.45) is 0 Å². The Morgan fingerprint density at radius 3 is 2.58 bits per heavy atom. The van der Waals surface area contributed by atoms with E-state index in [-0.39, 0.29) is 5.82 Å². The maximum atomic E-state index is 13.0. The van der Waals surface area contributed by atoms with Crippen LogP contribution in [0.4, 0.5) is 10.1 Å². The number of halogens is 1. The maximum absolute atomic E-state index is 13.0. The number of anilines is 1. The van der Waals surface area contributed by atoms with E-state index in [0.29, 0.717) is 12.2 Å². The first kappa shape index (κ1) is 13.6.